The molecule has 0 aliphatic carbocycles. The first-order chi connectivity index (χ1) is 7.98. The minimum Gasteiger partial charge on any atom is -0.462 e. The average molecular weight is 238 g/mol. The summed E-state index contributed by atoms with van der Waals surface area (Å²) < 4.78 is 9.24. The van der Waals surface area contributed by atoms with E-state index in [9.17, 15) is 19.8 Å². The van der Waals surface area contributed by atoms with E-state index in [1.165, 1.54) is 24.3 Å². The summed E-state index contributed by atoms with van der Waals surface area (Å²) in [6.07, 6.45) is -0.412. The molecule has 0 aromatic heterocycles. The fourth-order valence-corrected chi connectivity index (χ4v) is 1.36. The lowest BCUT2D eigenvalue weighted by atomic mass is 10.1. The van der Waals surface area contributed by atoms with Crippen molar-refractivity contribution in [2.75, 3.05) is 6.61 Å². The second kappa shape index (κ2) is 4.15. The van der Waals surface area contributed by atoms with Crippen LogP contribution in [0.4, 0.5) is 0 Å². The smallest absolute Gasteiger partial charge is 0.342 e. The van der Waals surface area contributed by atoms with Crippen molar-refractivity contribution in [3.05, 3.63) is 35.4 Å². The van der Waals surface area contributed by atoms with Crippen molar-refractivity contribution in [3.63, 3.8) is 0 Å². The zero-order chi connectivity index (χ0) is 12.5. The highest BCUT2D eigenvalue weighted by molar-refractivity contribution is 5.93. The van der Waals surface area contributed by atoms with E-state index in [1.807, 2.05) is 0 Å². The molecule has 6 nitrogen and oxygen atoms in total. The number of aliphatic hydroxyl groups is 2. The van der Waals surface area contributed by atoms with E-state index >= 15 is 0 Å². The first-order valence-corrected chi connectivity index (χ1v) is 4.93. The molecule has 0 saturated carbocycles. The Morgan fingerprint density at radius 1 is 1.00 bits per heavy atom. The van der Waals surface area contributed by atoms with E-state index in [0.29, 0.717) is 0 Å². The Balaban J connectivity index is 2.35. The molecule has 0 atom stereocenters. The van der Waals surface area contributed by atoms with Gasteiger partial charge in [0.1, 0.15) is 6.61 Å². The second-order valence-electron chi connectivity index (χ2n) is 3.60. The van der Waals surface area contributed by atoms with Gasteiger partial charge in [0.2, 0.25) is 0 Å². The number of rotatable bonds is 0. The van der Waals surface area contributed by atoms with Crippen molar-refractivity contribution < 1.29 is 29.3 Å². The van der Waals surface area contributed by atoms with Gasteiger partial charge in [0.05, 0.1) is 17.5 Å². The number of fused-ring (bicyclic) bond motifs is 8. The molecule has 6 heteroatoms. The molecule has 0 radical (unpaired) electrons. The van der Waals surface area contributed by atoms with Crippen LogP contribution in [0.5, 0.6) is 0 Å². The van der Waals surface area contributed by atoms with Crippen LogP contribution >= 0.6 is 0 Å². The van der Waals surface area contributed by atoms with Gasteiger partial charge in [-0.15, -0.1) is 0 Å². The van der Waals surface area contributed by atoms with Crippen molar-refractivity contribution in [3.8, 4) is 0 Å². The molecule has 0 spiro atoms. The lowest BCUT2D eigenvalue weighted by molar-refractivity contribution is -0.312. The molecule has 0 unspecified atom stereocenters. The summed E-state index contributed by atoms with van der Waals surface area (Å²) >= 11 is 0. The molecule has 2 heterocycles. The predicted octanol–water partition coefficient (Wildman–Crippen LogP) is 0.0423. The molecular weight excluding hydrogens is 228 g/mol. The van der Waals surface area contributed by atoms with Crippen LogP contribution in [0, 0.1) is 0 Å². The number of ether oxygens (including phenoxy) is 2. The van der Waals surface area contributed by atoms with Crippen LogP contribution < -0.4 is 0 Å². The van der Waals surface area contributed by atoms with Gasteiger partial charge in [0, 0.05) is 0 Å². The summed E-state index contributed by atoms with van der Waals surface area (Å²) in [5.41, 5.74) is 0.404. The number of carbonyl (C=O) groups excluding carboxylic acids is 2. The van der Waals surface area contributed by atoms with Crippen molar-refractivity contribution >= 4 is 11.9 Å². The standard InChI is InChI=1S/C11H10O6/c12-9-7-1-3-8(4-2-7)10(13)17-11(14,15)5-6-16-9/h1-4,14-15H,5-6H2. The number of hydrogen-bond acceptors (Lipinski definition) is 6. The zero-order valence-corrected chi connectivity index (χ0v) is 8.75. The average Bonchev–Trinajstić information content (AvgIpc) is 2.29. The molecule has 2 N–H and O–H groups in total. The molecule has 17 heavy (non-hydrogen) atoms. The summed E-state index contributed by atoms with van der Waals surface area (Å²) in [5.74, 6) is -4.11. The molecule has 0 saturated heterocycles. The van der Waals surface area contributed by atoms with Crippen LogP contribution in [0.25, 0.3) is 0 Å². The number of hydrogen-bond donors (Lipinski definition) is 2. The summed E-state index contributed by atoms with van der Waals surface area (Å²) in [6, 6.07) is 5.50. The van der Waals surface area contributed by atoms with Crippen molar-refractivity contribution in [1.29, 1.82) is 0 Å². The highest BCUT2D eigenvalue weighted by Crippen LogP contribution is 2.16. The van der Waals surface area contributed by atoms with Gasteiger partial charge >= 0.3 is 17.9 Å². The second-order valence-corrected chi connectivity index (χ2v) is 3.60. The normalized spacial score (nSPS) is 19.2. The molecule has 2 aliphatic heterocycles. The van der Waals surface area contributed by atoms with Gasteiger partial charge in [0.25, 0.3) is 0 Å². The molecule has 2 bridgehead atoms. The summed E-state index contributed by atoms with van der Waals surface area (Å²) in [7, 11) is 0. The topological polar surface area (TPSA) is 93.1 Å². The Labute approximate surface area is 96.4 Å². The third-order valence-corrected chi connectivity index (χ3v) is 2.27. The molecule has 0 fully saturated rings. The van der Waals surface area contributed by atoms with Gasteiger partial charge in [-0.05, 0) is 24.3 Å². The molecule has 90 valence electrons. The van der Waals surface area contributed by atoms with Crippen molar-refractivity contribution in [2.24, 2.45) is 0 Å². The molecule has 3 rings (SSSR count). The lowest BCUT2D eigenvalue weighted by Crippen LogP contribution is -2.36. The minimum absolute atomic E-state index is 0.121. The van der Waals surface area contributed by atoms with E-state index in [4.69, 9.17) is 4.74 Å². The molecular formula is C11H10O6. The molecule has 0 amide bonds. The third kappa shape index (κ3) is 2.61. The fraction of sp³-hybridized carbons (Fsp3) is 0.273. The maximum absolute atomic E-state index is 11.5. The van der Waals surface area contributed by atoms with Crippen molar-refractivity contribution in [1.82, 2.24) is 0 Å². The Kier molecular flexibility index (Phi) is 2.83. The van der Waals surface area contributed by atoms with Crippen LogP contribution in [0.15, 0.2) is 24.3 Å². The number of carbonyl (C=O) groups is 2. The maximum Gasteiger partial charge on any atom is 0.342 e. The Bertz CT molecular complexity index is 448. The van der Waals surface area contributed by atoms with Gasteiger partial charge in [-0.1, -0.05) is 0 Å². The SMILES string of the molecule is O=C1OCCC(O)(O)OC(=O)c2ccc1cc2. The number of benzene rings is 1. The van der Waals surface area contributed by atoms with E-state index in [2.05, 4.69) is 4.74 Å². The quantitative estimate of drug-likeness (QED) is 0.489. The molecule has 1 aromatic carbocycles. The summed E-state index contributed by atoms with van der Waals surface area (Å²) in [5, 5.41) is 18.6. The summed E-state index contributed by atoms with van der Waals surface area (Å²) in [4.78, 5) is 22.9. The van der Waals surface area contributed by atoms with E-state index < -0.39 is 24.3 Å². The minimum atomic E-state index is -2.64. The van der Waals surface area contributed by atoms with Gasteiger partial charge in [-0.3, -0.25) is 0 Å². The van der Waals surface area contributed by atoms with Gasteiger partial charge in [-0.25, -0.2) is 9.59 Å². The van der Waals surface area contributed by atoms with E-state index in [1.54, 1.807) is 0 Å². The predicted molar refractivity (Wildman–Crippen MR) is 53.9 cm³/mol. The van der Waals surface area contributed by atoms with Crippen molar-refractivity contribution in [2.45, 2.75) is 12.4 Å². The van der Waals surface area contributed by atoms with Crippen LogP contribution in [-0.4, -0.2) is 34.7 Å². The van der Waals surface area contributed by atoms with Crippen LogP contribution in [0.3, 0.4) is 0 Å². The first kappa shape index (κ1) is 11.6. The fourth-order valence-electron chi connectivity index (χ4n) is 1.36. The molecule has 2 aliphatic rings. The van der Waals surface area contributed by atoms with Gasteiger partial charge < -0.3 is 19.7 Å². The Morgan fingerprint density at radius 2 is 1.53 bits per heavy atom. The summed E-state index contributed by atoms with van der Waals surface area (Å²) in [6.45, 7) is -0.264. The van der Waals surface area contributed by atoms with Gasteiger partial charge in [-0.2, -0.15) is 0 Å². The molecule has 1 aromatic rings. The Hall–Kier alpha value is -1.92. The van der Waals surface area contributed by atoms with Gasteiger partial charge in [0.15, 0.2) is 0 Å². The van der Waals surface area contributed by atoms with E-state index in [0.717, 1.165) is 0 Å². The number of esters is 2. The highest BCUT2D eigenvalue weighted by atomic mass is 16.8. The highest BCUT2D eigenvalue weighted by Gasteiger charge is 2.30. The zero-order valence-electron chi connectivity index (χ0n) is 8.75. The third-order valence-electron chi connectivity index (χ3n) is 2.27. The van der Waals surface area contributed by atoms with E-state index in [-0.39, 0.29) is 17.7 Å². The maximum atomic E-state index is 11.5. The lowest BCUT2D eigenvalue weighted by Gasteiger charge is -2.20. The monoisotopic (exact) mass is 238 g/mol. The van der Waals surface area contributed by atoms with Crippen LogP contribution in [0.2, 0.25) is 0 Å². The first-order valence-electron chi connectivity index (χ1n) is 4.93. The van der Waals surface area contributed by atoms with Crippen LogP contribution in [-0.2, 0) is 9.47 Å². The van der Waals surface area contributed by atoms with Crippen LogP contribution in [0.1, 0.15) is 27.1 Å². The largest absolute Gasteiger partial charge is 0.462 e. The Morgan fingerprint density at radius 3 is 2.12 bits per heavy atom.